The van der Waals surface area contributed by atoms with E-state index < -0.39 is 0 Å². The summed E-state index contributed by atoms with van der Waals surface area (Å²) in [6.45, 7) is 0. The van der Waals surface area contributed by atoms with Crippen molar-refractivity contribution in [2.45, 2.75) is 31.5 Å². The van der Waals surface area contributed by atoms with Crippen molar-refractivity contribution in [3.8, 4) is 11.8 Å². The highest BCUT2D eigenvalue weighted by Crippen LogP contribution is 2.39. The number of aromatic hydroxyl groups is 1. The van der Waals surface area contributed by atoms with Crippen LogP contribution >= 0.6 is 0 Å². The maximum atomic E-state index is 12.2. The number of nitriles is 1. The number of fused-ring (bicyclic) bond motifs is 2. The van der Waals surface area contributed by atoms with E-state index >= 15 is 0 Å². The zero-order chi connectivity index (χ0) is 13.4. The van der Waals surface area contributed by atoms with E-state index in [9.17, 15) is 9.90 Å². The van der Waals surface area contributed by atoms with Crippen molar-refractivity contribution < 1.29 is 14.6 Å². The molecule has 0 aliphatic carbocycles. The van der Waals surface area contributed by atoms with Crippen molar-refractivity contribution in [3.05, 3.63) is 23.8 Å². The number of nitrogens with zero attached hydrogens (tertiary/aromatic N) is 1. The van der Waals surface area contributed by atoms with Crippen molar-refractivity contribution in [1.29, 1.82) is 5.26 Å². The van der Waals surface area contributed by atoms with Gasteiger partial charge in [0, 0.05) is 0 Å². The van der Waals surface area contributed by atoms with Crippen molar-refractivity contribution in [3.63, 3.8) is 0 Å². The Morgan fingerprint density at radius 3 is 2.95 bits per heavy atom. The zero-order valence-corrected chi connectivity index (χ0v) is 10.3. The molecule has 2 heterocycles. The first-order valence-electron chi connectivity index (χ1n) is 6.37. The number of nitrogens with one attached hydrogen (secondary N) is 1. The molecule has 0 saturated carbocycles. The van der Waals surface area contributed by atoms with Crippen LogP contribution in [0.25, 0.3) is 0 Å². The topological polar surface area (TPSA) is 82.4 Å². The molecule has 2 saturated heterocycles. The lowest BCUT2D eigenvalue weighted by atomic mass is 9.88. The number of carbonyl (C=O) groups is 1. The second-order valence-electron chi connectivity index (χ2n) is 5.05. The number of benzene rings is 1. The molecular weight excluding hydrogens is 244 g/mol. The number of hydrogen-bond acceptors (Lipinski definition) is 4. The maximum absolute atomic E-state index is 12.2. The molecule has 1 aromatic carbocycles. The summed E-state index contributed by atoms with van der Waals surface area (Å²) < 4.78 is 5.64. The second-order valence-corrected chi connectivity index (χ2v) is 5.05. The number of phenolic OH excluding ortho intramolecular Hbond substituents is 1. The van der Waals surface area contributed by atoms with Gasteiger partial charge in [-0.15, -0.1) is 0 Å². The van der Waals surface area contributed by atoms with Gasteiger partial charge in [-0.05, 0) is 37.5 Å². The van der Waals surface area contributed by atoms with Crippen LogP contribution in [0.4, 0.5) is 5.69 Å². The third-order valence-electron chi connectivity index (χ3n) is 3.83. The number of ether oxygens (including phenoxy) is 1. The number of hydrogen-bond donors (Lipinski definition) is 2. The van der Waals surface area contributed by atoms with E-state index in [1.807, 2.05) is 6.07 Å². The highest BCUT2D eigenvalue weighted by atomic mass is 16.5. The largest absolute Gasteiger partial charge is 0.506 e. The van der Waals surface area contributed by atoms with Crippen LogP contribution in [0.2, 0.25) is 0 Å². The Hall–Kier alpha value is -2.06. The molecule has 0 radical (unpaired) electrons. The highest BCUT2D eigenvalue weighted by Gasteiger charge is 2.44. The van der Waals surface area contributed by atoms with Crippen molar-refractivity contribution in [2.24, 2.45) is 5.92 Å². The van der Waals surface area contributed by atoms with E-state index in [4.69, 9.17) is 10.00 Å². The van der Waals surface area contributed by atoms with Crippen LogP contribution in [0.3, 0.4) is 0 Å². The third-order valence-corrected chi connectivity index (χ3v) is 3.83. The molecule has 5 heteroatoms. The summed E-state index contributed by atoms with van der Waals surface area (Å²) in [5.74, 6) is -0.321. The fourth-order valence-electron chi connectivity index (χ4n) is 2.84. The van der Waals surface area contributed by atoms with E-state index in [-0.39, 0.29) is 35.5 Å². The van der Waals surface area contributed by atoms with Gasteiger partial charge in [0.1, 0.15) is 5.75 Å². The first-order valence-corrected chi connectivity index (χ1v) is 6.37. The van der Waals surface area contributed by atoms with E-state index in [0.29, 0.717) is 5.56 Å². The van der Waals surface area contributed by atoms with E-state index in [1.54, 1.807) is 0 Å². The van der Waals surface area contributed by atoms with E-state index in [1.165, 1.54) is 18.2 Å². The van der Waals surface area contributed by atoms with Crippen LogP contribution in [0, 0.1) is 17.2 Å². The van der Waals surface area contributed by atoms with Gasteiger partial charge in [0.2, 0.25) is 5.91 Å². The first-order chi connectivity index (χ1) is 9.17. The molecule has 3 atom stereocenters. The quantitative estimate of drug-likeness (QED) is 0.792. The minimum absolute atomic E-state index is 0.00583. The Kier molecular flexibility index (Phi) is 2.88. The highest BCUT2D eigenvalue weighted by molar-refractivity contribution is 5.94. The van der Waals surface area contributed by atoms with Gasteiger partial charge in [0.25, 0.3) is 0 Å². The number of carbonyl (C=O) groups excluding carboxylic acids is 1. The normalized spacial score (nSPS) is 28.1. The van der Waals surface area contributed by atoms with Gasteiger partial charge < -0.3 is 15.2 Å². The molecule has 1 amide bonds. The van der Waals surface area contributed by atoms with Crippen LogP contribution in [0.5, 0.6) is 5.75 Å². The Morgan fingerprint density at radius 2 is 2.32 bits per heavy atom. The fourth-order valence-corrected chi connectivity index (χ4v) is 2.84. The summed E-state index contributed by atoms with van der Waals surface area (Å²) in [5.41, 5.74) is 0.684. The summed E-state index contributed by atoms with van der Waals surface area (Å²) >= 11 is 0. The van der Waals surface area contributed by atoms with Gasteiger partial charge in [-0.2, -0.15) is 5.26 Å². The van der Waals surface area contributed by atoms with Crippen molar-refractivity contribution >= 4 is 11.6 Å². The SMILES string of the molecule is N#Cc1ccc(O)c(NC(=O)[C@H]2C[C@@H]3CC[C@@H]2O3)c1. The van der Waals surface area contributed by atoms with Gasteiger partial charge in [0.05, 0.1) is 35.4 Å². The number of amides is 1. The Morgan fingerprint density at radius 1 is 1.47 bits per heavy atom. The van der Waals surface area contributed by atoms with Crippen LogP contribution in [0.1, 0.15) is 24.8 Å². The molecule has 1 aromatic rings. The molecule has 3 rings (SSSR count). The van der Waals surface area contributed by atoms with Gasteiger partial charge in [0.15, 0.2) is 0 Å². The van der Waals surface area contributed by atoms with E-state index in [2.05, 4.69) is 5.32 Å². The standard InChI is InChI=1S/C14H14N2O3/c15-7-8-1-3-12(17)11(5-8)16-14(18)10-6-9-2-4-13(10)19-9/h1,3,5,9-10,13,17H,2,4,6H2,(H,16,18)/t9-,10-,13-/m0/s1. The van der Waals surface area contributed by atoms with Crippen molar-refractivity contribution in [2.75, 3.05) is 5.32 Å². The molecule has 0 unspecified atom stereocenters. The average molecular weight is 258 g/mol. The lowest BCUT2D eigenvalue weighted by molar-refractivity contribution is -0.121. The fraction of sp³-hybridized carbons (Fsp3) is 0.429. The number of anilines is 1. The van der Waals surface area contributed by atoms with Crippen LogP contribution in [-0.2, 0) is 9.53 Å². The van der Waals surface area contributed by atoms with Gasteiger partial charge >= 0.3 is 0 Å². The van der Waals surface area contributed by atoms with E-state index in [0.717, 1.165) is 19.3 Å². The molecule has 98 valence electrons. The second kappa shape index (κ2) is 4.56. The minimum Gasteiger partial charge on any atom is -0.506 e. The molecule has 2 aliphatic heterocycles. The summed E-state index contributed by atoms with van der Waals surface area (Å²) in [4.78, 5) is 12.2. The van der Waals surface area contributed by atoms with Crippen LogP contribution in [-0.4, -0.2) is 23.2 Å². The predicted molar refractivity (Wildman–Crippen MR) is 67.5 cm³/mol. The lowest BCUT2D eigenvalue weighted by Crippen LogP contribution is -2.30. The van der Waals surface area contributed by atoms with Crippen LogP contribution in [0.15, 0.2) is 18.2 Å². The third kappa shape index (κ3) is 2.15. The van der Waals surface area contributed by atoms with Crippen LogP contribution < -0.4 is 5.32 Å². The number of phenols is 1. The molecule has 0 aromatic heterocycles. The van der Waals surface area contributed by atoms with Gasteiger partial charge in [-0.25, -0.2) is 0 Å². The molecule has 2 fully saturated rings. The summed E-state index contributed by atoms with van der Waals surface area (Å²) in [5, 5.41) is 21.2. The van der Waals surface area contributed by atoms with Crippen molar-refractivity contribution in [1.82, 2.24) is 0 Å². The Bertz CT molecular complexity index is 564. The molecule has 5 nitrogen and oxygen atoms in total. The smallest absolute Gasteiger partial charge is 0.230 e. The molecular formula is C14H14N2O3. The van der Waals surface area contributed by atoms with Gasteiger partial charge in [-0.3, -0.25) is 4.79 Å². The monoisotopic (exact) mass is 258 g/mol. The summed E-state index contributed by atoms with van der Waals surface area (Å²) in [6, 6.07) is 6.36. The number of rotatable bonds is 2. The maximum Gasteiger partial charge on any atom is 0.230 e. The molecule has 19 heavy (non-hydrogen) atoms. The minimum atomic E-state index is -0.149. The Labute approximate surface area is 110 Å². The summed E-state index contributed by atoms with van der Waals surface area (Å²) in [6.07, 6.45) is 2.91. The average Bonchev–Trinajstić information content (AvgIpc) is 3.03. The molecule has 0 spiro atoms. The Balaban J connectivity index is 1.75. The first kappa shape index (κ1) is 12.0. The molecule has 2 bridgehead atoms. The summed E-state index contributed by atoms with van der Waals surface area (Å²) in [7, 11) is 0. The van der Waals surface area contributed by atoms with Gasteiger partial charge in [-0.1, -0.05) is 0 Å². The molecule has 2 N–H and O–H groups in total. The molecule has 2 aliphatic rings. The zero-order valence-electron chi connectivity index (χ0n) is 10.3. The lowest BCUT2D eigenvalue weighted by Gasteiger charge is -2.18. The predicted octanol–water partition coefficient (Wildman–Crippen LogP) is 1.77.